The van der Waals surface area contributed by atoms with Crippen LogP contribution in [0.2, 0.25) is 5.04 Å². The van der Waals surface area contributed by atoms with Gasteiger partial charge in [0, 0.05) is 38.8 Å². The van der Waals surface area contributed by atoms with Crippen LogP contribution in [0.1, 0.15) is 65.9 Å². The third-order valence-electron chi connectivity index (χ3n) is 10.1. The highest BCUT2D eigenvalue weighted by molar-refractivity contribution is 6.99. The summed E-state index contributed by atoms with van der Waals surface area (Å²) in [5, 5.41) is 2.28. The summed E-state index contributed by atoms with van der Waals surface area (Å²) < 4.78 is 23.8. The Kier molecular flexibility index (Phi) is 17.2. The van der Waals surface area contributed by atoms with Gasteiger partial charge in [-0.2, -0.15) is 0 Å². The molecule has 3 aromatic carbocycles. The van der Waals surface area contributed by atoms with Crippen molar-refractivity contribution >= 4 is 30.6 Å². The van der Waals surface area contributed by atoms with Gasteiger partial charge in [-0.15, -0.1) is 6.58 Å². The SMILES string of the molecule is C=CC(=O)[C@](C)(CCCOCOC)[C@H](CCCO[Si](c1ccccc1)(c1ccccc1)C(C)(C)C)CN(C[C@@H](C)C=C)C(=O)OCc1ccccc1. The number of allylic oxidation sites excluding steroid dienone is 1. The minimum Gasteiger partial charge on any atom is -0.445 e. The lowest BCUT2D eigenvalue weighted by molar-refractivity contribution is -0.127. The summed E-state index contributed by atoms with van der Waals surface area (Å²) in [5.74, 6) is -0.247. The van der Waals surface area contributed by atoms with Crippen molar-refractivity contribution in [3.8, 4) is 0 Å². The molecule has 0 saturated heterocycles. The van der Waals surface area contributed by atoms with E-state index in [-0.39, 0.29) is 36.1 Å². The highest BCUT2D eigenvalue weighted by Crippen LogP contribution is 2.40. The van der Waals surface area contributed by atoms with Crippen molar-refractivity contribution in [2.45, 2.75) is 71.9 Å². The smallest absolute Gasteiger partial charge is 0.410 e. The van der Waals surface area contributed by atoms with Crippen LogP contribution in [-0.2, 0) is 30.0 Å². The molecule has 0 aliphatic carbocycles. The van der Waals surface area contributed by atoms with Crippen LogP contribution in [0.4, 0.5) is 4.79 Å². The first-order chi connectivity index (χ1) is 24.9. The van der Waals surface area contributed by atoms with E-state index in [1.54, 1.807) is 12.0 Å². The van der Waals surface area contributed by atoms with Gasteiger partial charge in [-0.3, -0.25) is 4.79 Å². The average Bonchev–Trinajstić information content (AvgIpc) is 3.16. The lowest BCUT2D eigenvalue weighted by Gasteiger charge is -2.43. The molecule has 0 aliphatic heterocycles. The van der Waals surface area contributed by atoms with Crippen LogP contribution in [0, 0.1) is 17.3 Å². The largest absolute Gasteiger partial charge is 0.445 e. The molecule has 0 fully saturated rings. The van der Waals surface area contributed by atoms with Crippen molar-refractivity contribution in [2.24, 2.45) is 17.3 Å². The third kappa shape index (κ3) is 11.6. The number of methoxy groups -OCH3 is 1. The summed E-state index contributed by atoms with van der Waals surface area (Å²) in [6.07, 6.45) is 5.40. The van der Waals surface area contributed by atoms with Crippen LogP contribution in [0.25, 0.3) is 0 Å². The first kappa shape index (κ1) is 42.6. The molecule has 282 valence electrons. The van der Waals surface area contributed by atoms with E-state index in [9.17, 15) is 9.59 Å². The van der Waals surface area contributed by atoms with Gasteiger partial charge >= 0.3 is 6.09 Å². The minimum atomic E-state index is -2.76. The molecule has 3 aromatic rings. The molecule has 3 rings (SSSR count). The van der Waals surface area contributed by atoms with Crippen LogP contribution >= 0.6 is 0 Å². The molecule has 0 aromatic heterocycles. The summed E-state index contributed by atoms with van der Waals surface area (Å²) in [4.78, 5) is 29.4. The predicted octanol–water partition coefficient (Wildman–Crippen LogP) is 8.58. The Balaban J connectivity index is 1.96. The molecule has 0 unspecified atom stereocenters. The molecular weight excluding hydrogens is 667 g/mol. The number of carbonyl (C=O) groups is 2. The van der Waals surface area contributed by atoms with Gasteiger partial charge < -0.3 is 23.5 Å². The molecule has 0 N–H and O–H groups in total. The van der Waals surface area contributed by atoms with Gasteiger partial charge in [-0.25, -0.2) is 4.79 Å². The van der Waals surface area contributed by atoms with Gasteiger partial charge in [0.2, 0.25) is 0 Å². The summed E-state index contributed by atoms with van der Waals surface area (Å²) in [7, 11) is -1.17. The number of carbonyl (C=O) groups excluding carboxylic acids is 2. The first-order valence-electron chi connectivity index (χ1n) is 18.5. The van der Waals surface area contributed by atoms with E-state index in [1.165, 1.54) is 16.4 Å². The van der Waals surface area contributed by atoms with Crippen LogP contribution < -0.4 is 10.4 Å². The molecule has 0 saturated carbocycles. The van der Waals surface area contributed by atoms with Gasteiger partial charge in [0.25, 0.3) is 8.32 Å². The van der Waals surface area contributed by atoms with Crippen molar-refractivity contribution in [3.05, 3.63) is 122 Å². The Morgan fingerprint density at radius 1 is 0.827 bits per heavy atom. The van der Waals surface area contributed by atoms with Gasteiger partial charge in [-0.1, -0.05) is 138 Å². The molecule has 7 nitrogen and oxygen atoms in total. The maximum absolute atomic E-state index is 13.9. The molecule has 8 heteroatoms. The van der Waals surface area contributed by atoms with Gasteiger partial charge in [-0.05, 0) is 64.6 Å². The first-order valence-corrected chi connectivity index (χ1v) is 20.4. The highest BCUT2D eigenvalue weighted by atomic mass is 28.4. The Bertz CT molecular complexity index is 1470. The molecule has 0 radical (unpaired) electrons. The maximum Gasteiger partial charge on any atom is 0.410 e. The van der Waals surface area contributed by atoms with E-state index in [2.05, 4.69) is 82.5 Å². The van der Waals surface area contributed by atoms with Crippen LogP contribution in [0.5, 0.6) is 0 Å². The summed E-state index contributed by atoms with van der Waals surface area (Å²) >= 11 is 0. The summed E-state index contributed by atoms with van der Waals surface area (Å²) in [6, 6.07) is 30.9. The zero-order valence-corrected chi connectivity index (χ0v) is 33.4. The average molecular weight is 728 g/mol. The zero-order valence-electron chi connectivity index (χ0n) is 32.4. The van der Waals surface area contributed by atoms with Crippen LogP contribution in [0.3, 0.4) is 0 Å². The number of rotatable bonds is 23. The Labute approximate surface area is 314 Å². The topological polar surface area (TPSA) is 74.3 Å². The number of nitrogens with zero attached hydrogens (tertiary/aromatic N) is 1. The summed E-state index contributed by atoms with van der Waals surface area (Å²) in [6.45, 7) is 20.8. The van der Waals surface area contributed by atoms with E-state index < -0.39 is 19.8 Å². The maximum atomic E-state index is 13.9. The number of ketones is 1. The van der Waals surface area contributed by atoms with Crippen molar-refractivity contribution in [1.82, 2.24) is 4.90 Å². The summed E-state index contributed by atoms with van der Waals surface area (Å²) in [5.41, 5.74) is 0.0950. The van der Waals surface area contributed by atoms with E-state index in [4.69, 9.17) is 18.6 Å². The quantitative estimate of drug-likeness (QED) is 0.0321. The lowest BCUT2D eigenvalue weighted by atomic mass is 9.68. The Morgan fingerprint density at radius 2 is 1.40 bits per heavy atom. The fourth-order valence-corrected chi connectivity index (χ4v) is 11.7. The van der Waals surface area contributed by atoms with E-state index in [1.807, 2.05) is 62.4 Å². The minimum absolute atomic E-state index is 0.0206. The van der Waals surface area contributed by atoms with E-state index in [0.29, 0.717) is 52.0 Å². The van der Waals surface area contributed by atoms with Crippen molar-refractivity contribution in [2.75, 3.05) is 40.2 Å². The highest BCUT2D eigenvalue weighted by Gasteiger charge is 2.50. The standard InChI is InChI=1S/C44H61NO6Si/c1-9-36(3)32-45(42(47)50-34-37-22-14-11-15-23-37)33-38(44(7,41(46)10-2)29-21-30-49-35-48-8)24-20-31-51-52(43(4,5)6,39-25-16-12-17-26-39)40-27-18-13-19-28-40/h9-19,22-23,25-28,36,38H,1-2,20-21,24,29-35H2,3-8H3/t36-,38+,44+/m0/s1. The lowest BCUT2D eigenvalue weighted by Crippen LogP contribution is -2.66. The molecule has 0 aliphatic rings. The van der Waals surface area contributed by atoms with E-state index >= 15 is 0 Å². The molecule has 52 heavy (non-hydrogen) atoms. The number of hydrogen-bond acceptors (Lipinski definition) is 6. The molecule has 1 amide bonds. The third-order valence-corrected chi connectivity index (χ3v) is 15.1. The Hall–Kier alpha value is -3.82. The van der Waals surface area contributed by atoms with Crippen molar-refractivity contribution in [3.63, 3.8) is 0 Å². The number of ether oxygens (including phenoxy) is 3. The zero-order chi connectivity index (χ0) is 38.0. The second kappa shape index (κ2) is 21.0. The second-order valence-corrected chi connectivity index (χ2v) is 19.2. The molecule has 3 atom stereocenters. The van der Waals surface area contributed by atoms with E-state index in [0.717, 1.165) is 5.56 Å². The monoisotopic (exact) mass is 727 g/mol. The fraction of sp³-hybridized carbons (Fsp3) is 0.455. The Morgan fingerprint density at radius 3 is 1.92 bits per heavy atom. The number of hydrogen-bond donors (Lipinski definition) is 0. The van der Waals surface area contributed by atoms with Crippen LogP contribution in [-0.4, -0.2) is 65.3 Å². The fourth-order valence-electron chi connectivity index (χ4n) is 7.10. The van der Waals surface area contributed by atoms with Crippen LogP contribution in [0.15, 0.2) is 116 Å². The normalized spacial score (nSPS) is 14.1. The second-order valence-electron chi connectivity index (χ2n) is 14.9. The molecule has 0 bridgehead atoms. The molecular formula is C44H61NO6Si. The number of benzene rings is 3. The van der Waals surface area contributed by atoms with Gasteiger partial charge in [0.15, 0.2) is 5.78 Å². The van der Waals surface area contributed by atoms with Crippen molar-refractivity contribution < 1.29 is 28.2 Å². The number of amides is 1. The predicted molar refractivity (Wildman–Crippen MR) is 214 cm³/mol. The van der Waals surface area contributed by atoms with Crippen molar-refractivity contribution in [1.29, 1.82) is 0 Å². The molecule has 0 spiro atoms. The molecule has 0 heterocycles. The van der Waals surface area contributed by atoms with Gasteiger partial charge in [0.05, 0.1) is 0 Å². The van der Waals surface area contributed by atoms with Gasteiger partial charge in [0.1, 0.15) is 13.4 Å².